The molecule has 1 heterocycles. The molecular weight excluding hydrogens is 268 g/mol. The Balaban J connectivity index is 2.00. The molecule has 0 saturated carbocycles. The second-order valence-corrected chi connectivity index (χ2v) is 4.78. The van der Waals surface area contributed by atoms with Gasteiger partial charge in [0.25, 0.3) is 0 Å². The highest BCUT2D eigenvalue weighted by Crippen LogP contribution is 2.22. The summed E-state index contributed by atoms with van der Waals surface area (Å²) in [6.07, 6.45) is 0.865. The first kappa shape index (κ1) is 13.8. The Morgan fingerprint density at radius 3 is 2.95 bits per heavy atom. The van der Waals surface area contributed by atoms with Crippen LogP contribution in [0.4, 0.5) is 0 Å². The number of piperidine rings is 1. The number of nitrogens with one attached hydrogen (secondary N) is 2. The van der Waals surface area contributed by atoms with Gasteiger partial charge in [0.2, 0.25) is 11.8 Å². The molecule has 6 heteroatoms. The second-order valence-electron chi connectivity index (χ2n) is 4.34. The fourth-order valence-electron chi connectivity index (χ4n) is 2.01. The van der Waals surface area contributed by atoms with Crippen LogP contribution in [0.25, 0.3) is 0 Å². The zero-order valence-electron chi connectivity index (χ0n) is 10.5. The number of carbonyl (C=O) groups excluding carboxylic acids is 2. The van der Waals surface area contributed by atoms with Gasteiger partial charge in [-0.05, 0) is 24.6 Å². The van der Waals surface area contributed by atoms with Gasteiger partial charge in [0.15, 0.2) is 0 Å². The Hall–Kier alpha value is -1.59. The summed E-state index contributed by atoms with van der Waals surface area (Å²) in [6, 6.07) is 4.96. The van der Waals surface area contributed by atoms with Crippen molar-refractivity contribution in [2.24, 2.45) is 0 Å². The highest BCUT2D eigenvalue weighted by Gasteiger charge is 2.26. The first-order valence-electron chi connectivity index (χ1n) is 5.99. The minimum absolute atomic E-state index is 0.219. The Labute approximate surface area is 116 Å². The maximum atomic E-state index is 11.6. The summed E-state index contributed by atoms with van der Waals surface area (Å²) in [5.41, 5.74) is 0.875. The van der Waals surface area contributed by atoms with Crippen LogP contribution < -0.4 is 15.4 Å². The van der Waals surface area contributed by atoms with Crippen molar-refractivity contribution in [2.75, 3.05) is 7.11 Å². The summed E-state index contributed by atoms with van der Waals surface area (Å²) < 4.78 is 5.23. The average molecular weight is 283 g/mol. The van der Waals surface area contributed by atoms with E-state index in [1.165, 1.54) is 0 Å². The van der Waals surface area contributed by atoms with E-state index in [-0.39, 0.29) is 17.9 Å². The average Bonchev–Trinajstić information content (AvgIpc) is 2.38. The number of amides is 2. The highest BCUT2D eigenvalue weighted by molar-refractivity contribution is 6.30. The molecule has 19 heavy (non-hydrogen) atoms. The van der Waals surface area contributed by atoms with Crippen LogP contribution in [0, 0.1) is 0 Å². The van der Waals surface area contributed by atoms with Gasteiger partial charge in [-0.2, -0.15) is 0 Å². The monoisotopic (exact) mass is 282 g/mol. The van der Waals surface area contributed by atoms with E-state index in [2.05, 4.69) is 10.6 Å². The number of rotatable bonds is 4. The Kier molecular flexibility index (Phi) is 4.39. The molecule has 1 aliphatic heterocycles. The molecule has 1 aromatic rings. The van der Waals surface area contributed by atoms with Crippen LogP contribution in [0.5, 0.6) is 5.75 Å². The van der Waals surface area contributed by atoms with E-state index in [9.17, 15) is 9.59 Å². The third-order valence-electron chi connectivity index (χ3n) is 3.02. The maximum absolute atomic E-state index is 11.6. The van der Waals surface area contributed by atoms with Crippen molar-refractivity contribution >= 4 is 23.4 Å². The van der Waals surface area contributed by atoms with Crippen molar-refractivity contribution in [2.45, 2.75) is 25.4 Å². The first-order valence-corrected chi connectivity index (χ1v) is 6.37. The van der Waals surface area contributed by atoms with Gasteiger partial charge in [-0.1, -0.05) is 11.6 Å². The molecule has 1 atom stereocenters. The van der Waals surface area contributed by atoms with Crippen LogP contribution >= 0.6 is 11.6 Å². The molecular formula is C13H15ClN2O3. The lowest BCUT2D eigenvalue weighted by Gasteiger charge is -2.22. The largest absolute Gasteiger partial charge is 0.496 e. The predicted octanol–water partition coefficient (Wildman–Crippen LogP) is 1.24. The van der Waals surface area contributed by atoms with Gasteiger partial charge in [0.1, 0.15) is 5.75 Å². The minimum atomic E-state index is -0.360. The fraction of sp³-hybridized carbons (Fsp3) is 0.385. The number of methoxy groups -OCH3 is 1. The smallest absolute Gasteiger partial charge is 0.243 e. The molecule has 1 aromatic carbocycles. The fourth-order valence-corrected chi connectivity index (χ4v) is 2.20. The van der Waals surface area contributed by atoms with Gasteiger partial charge in [-0.25, -0.2) is 0 Å². The normalized spacial score (nSPS) is 19.2. The highest BCUT2D eigenvalue weighted by atomic mass is 35.5. The van der Waals surface area contributed by atoms with Crippen LogP contribution in [0.3, 0.4) is 0 Å². The number of hydrogen-bond acceptors (Lipinski definition) is 4. The summed E-state index contributed by atoms with van der Waals surface area (Å²) >= 11 is 5.94. The van der Waals surface area contributed by atoms with Gasteiger partial charge >= 0.3 is 0 Å². The van der Waals surface area contributed by atoms with Crippen LogP contribution in [-0.4, -0.2) is 25.0 Å². The molecule has 1 saturated heterocycles. The molecule has 0 aliphatic carbocycles. The van der Waals surface area contributed by atoms with E-state index in [1.54, 1.807) is 25.3 Å². The number of halogens is 1. The van der Waals surface area contributed by atoms with Gasteiger partial charge < -0.3 is 10.1 Å². The van der Waals surface area contributed by atoms with Crippen molar-refractivity contribution in [3.05, 3.63) is 28.8 Å². The molecule has 0 bridgehead atoms. The molecule has 102 valence electrons. The lowest BCUT2D eigenvalue weighted by molar-refractivity contribution is -0.134. The maximum Gasteiger partial charge on any atom is 0.243 e. The van der Waals surface area contributed by atoms with Gasteiger partial charge in [0, 0.05) is 23.6 Å². The number of hydrogen-bond donors (Lipinski definition) is 2. The lowest BCUT2D eigenvalue weighted by Crippen LogP contribution is -2.50. The zero-order valence-corrected chi connectivity index (χ0v) is 11.3. The predicted molar refractivity (Wildman–Crippen MR) is 71.0 cm³/mol. The number of ether oxygens (including phenoxy) is 1. The summed E-state index contributed by atoms with van der Waals surface area (Å²) in [6.45, 7) is 0.454. The SMILES string of the molecule is COc1ccc(Cl)cc1CNC1CCC(=O)NC1=O. The van der Waals surface area contributed by atoms with Crippen molar-refractivity contribution in [1.29, 1.82) is 0 Å². The third-order valence-corrected chi connectivity index (χ3v) is 3.26. The third kappa shape index (κ3) is 3.45. The number of carbonyl (C=O) groups is 2. The standard InChI is InChI=1S/C13H15ClN2O3/c1-19-11-4-2-9(14)6-8(11)7-15-10-3-5-12(17)16-13(10)18/h2,4,6,10,15H,3,5,7H2,1H3,(H,16,17,18). The molecule has 0 radical (unpaired) electrons. The van der Waals surface area contributed by atoms with Crippen molar-refractivity contribution < 1.29 is 14.3 Å². The number of benzene rings is 1. The summed E-state index contributed by atoms with van der Waals surface area (Å²) in [5, 5.41) is 6.03. The molecule has 0 aromatic heterocycles. The molecule has 1 fully saturated rings. The van der Waals surface area contributed by atoms with E-state index in [4.69, 9.17) is 16.3 Å². The van der Waals surface area contributed by atoms with E-state index < -0.39 is 0 Å². The summed E-state index contributed by atoms with van der Waals surface area (Å²) in [7, 11) is 1.58. The first-order chi connectivity index (χ1) is 9.10. The molecule has 5 nitrogen and oxygen atoms in total. The zero-order chi connectivity index (χ0) is 13.8. The molecule has 1 aliphatic rings. The summed E-state index contributed by atoms with van der Waals surface area (Å²) in [5.74, 6) is 0.213. The Bertz CT molecular complexity index is 505. The summed E-state index contributed by atoms with van der Waals surface area (Å²) in [4.78, 5) is 22.6. The molecule has 2 amide bonds. The molecule has 0 spiro atoms. The Morgan fingerprint density at radius 1 is 1.47 bits per heavy atom. The Morgan fingerprint density at radius 2 is 2.26 bits per heavy atom. The van der Waals surface area contributed by atoms with E-state index >= 15 is 0 Å². The molecule has 2 N–H and O–H groups in total. The van der Waals surface area contributed by atoms with Crippen molar-refractivity contribution in [1.82, 2.24) is 10.6 Å². The van der Waals surface area contributed by atoms with Crippen molar-refractivity contribution in [3.63, 3.8) is 0 Å². The topological polar surface area (TPSA) is 67.4 Å². The van der Waals surface area contributed by atoms with E-state index in [1.807, 2.05) is 0 Å². The van der Waals surface area contributed by atoms with Crippen LogP contribution in [0.2, 0.25) is 5.02 Å². The van der Waals surface area contributed by atoms with E-state index in [0.717, 1.165) is 5.56 Å². The van der Waals surface area contributed by atoms with Gasteiger partial charge in [0.05, 0.1) is 13.2 Å². The minimum Gasteiger partial charge on any atom is -0.496 e. The van der Waals surface area contributed by atoms with E-state index in [0.29, 0.717) is 30.2 Å². The van der Waals surface area contributed by atoms with Crippen LogP contribution in [0.1, 0.15) is 18.4 Å². The molecule has 1 unspecified atom stereocenters. The second kappa shape index (κ2) is 6.04. The number of imide groups is 1. The van der Waals surface area contributed by atoms with Crippen LogP contribution in [0.15, 0.2) is 18.2 Å². The molecule has 2 rings (SSSR count). The van der Waals surface area contributed by atoms with Crippen molar-refractivity contribution in [3.8, 4) is 5.75 Å². The quantitative estimate of drug-likeness (QED) is 0.816. The lowest BCUT2D eigenvalue weighted by atomic mass is 10.1. The van der Waals surface area contributed by atoms with Gasteiger partial charge in [-0.3, -0.25) is 14.9 Å². The van der Waals surface area contributed by atoms with Crippen LogP contribution in [-0.2, 0) is 16.1 Å². The van der Waals surface area contributed by atoms with Gasteiger partial charge in [-0.15, -0.1) is 0 Å².